The van der Waals surface area contributed by atoms with Crippen molar-refractivity contribution in [3.63, 3.8) is 0 Å². The number of rotatable bonds is 7. The molecule has 3 aromatic rings. The summed E-state index contributed by atoms with van der Waals surface area (Å²) in [5.74, 6) is 1.10. The van der Waals surface area contributed by atoms with Gasteiger partial charge in [-0.2, -0.15) is 0 Å². The van der Waals surface area contributed by atoms with Crippen LogP contribution in [0.3, 0.4) is 0 Å². The summed E-state index contributed by atoms with van der Waals surface area (Å²) < 4.78 is 5.13. The molecule has 0 aliphatic heterocycles. The van der Waals surface area contributed by atoms with E-state index in [1.807, 2.05) is 36.4 Å². The Hall–Kier alpha value is -3.41. The minimum absolute atomic E-state index is 0.252. The van der Waals surface area contributed by atoms with Gasteiger partial charge in [0.05, 0.1) is 7.11 Å². The van der Waals surface area contributed by atoms with Crippen LogP contribution in [0.4, 0.5) is 11.5 Å². The lowest BCUT2D eigenvalue weighted by molar-refractivity contribution is 0.0946. The first kappa shape index (κ1) is 18.4. The van der Waals surface area contributed by atoms with Crippen LogP contribution in [0.15, 0.2) is 60.9 Å². The van der Waals surface area contributed by atoms with E-state index in [0.29, 0.717) is 18.1 Å². The fraction of sp³-hybridized carbons (Fsp3) is 0.190. The number of anilines is 2. The van der Waals surface area contributed by atoms with Gasteiger partial charge in [0.1, 0.15) is 23.6 Å². The smallest absolute Gasteiger partial charge is 0.270 e. The second-order valence-electron chi connectivity index (χ2n) is 5.99. The molecule has 1 heterocycles. The number of nitrogens with one attached hydrogen (secondary N) is 2. The van der Waals surface area contributed by atoms with Crippen LogP contribution in [0.2, 0.25) is 0 Å². The number of carbonyl (C=O) groups excluding carboxylic acids is 1. The topological polar surface area (TPSA) is 76.1 Å². The van der Waals surface area contributed by atoms with Crippen LogP contribution in [0, 0.1) is 0 Å². The highest BCUT2D eigenvalue weighted by Crippen LogP contribution is 2.16. The van der Waals surface area contributed by atoms with E-state index in [2.05, 4.69) is 39.7 Å². The first-order valence-corrected chi connectivity index (χ1v) is 8.77. The Labute approximate surface area is 158 Å². The maximum atomic E-state index is 12.4. The van der Waals surface area contributed by atoms with E-state index in [9.17, 15) is 4.79 Å². The first-order valence-electron chi connectivity index (χ1n) is 8.77. The molecule has 0 aliphatic carbocycles. The number of nitrogens with zero attached hydrogens (tertiary/aromatic N) is 2. The number of benzene rings is 2. The van der Waals surface area contributed by atoms with Crippen LogP contribution < -0.4 is 15.4 Å². The lowest BCUT2D eigenvalue weighted by Crippen LogP contribution is -2.24. The molecular formula is C21H22N4O2. The van der Waals surface area contributed by atoms with Crippen molar-refractivity contribution in [3.8, 4) is 5.75 Å². The Kier molecular flexibility index (Phi) is 5.99. The lowest BCUT2D eigenvalue weighted by atomic mass is 10.1. The Morgan fingerprint density at radius 2 is 1.70 bits per heavy atom. The third-order valence-electron chi connectivity index (χ3n) is 4.15. The molecule has 2 aromatic carbocycles. The summed E-state index contributed by atoms with van der Waals surface area (Å²) in [6.45, 7) is 2.53. The summed E-state index contributed by atoms with van der Waals surface area (Å²) in [7, 11) is 1.62. The van der Waals surface area contributed by atoms with Crippen LogP contribution in [0.25, 0.3) is 0 Å². The second-order valence-corrected chi connectivity index (χ2v) is 5.99. The zero-order valence-electron chi connectivity index (χ0n) is 15.4. The highest BCUT2D eigenvalue weighted by atomic mass is 16.5. The van der Waals surface area contributed by atoms with Gasteiger partial charge in [-0.15, -0.1) is 0 Å². The van der Waals surface area contributed by atoms with Crippen molar-refractivity contribution in [2.45, 2.75) is 19.9 Å². The van der Waals surface area contributed by atoms with Crippen molar-refractivity contribution in [2.75, 3.05) is 12.4 Å². The minimum Gasteiger partial charge on any atom is -0.497 e. The summed E-state index contributed by atoms with van der Waals surface area (Å²) in [4.78, 5) is 20.6. The Bertz CT molecular complexity index is 893. The van der Waals surface area contributed by atoms with Crippen molar-refractivity contribution >= 4 is 17.4 Å². The normalized spacial score (nSPS) is 10.3. The fourth-order valence-corrected chi connectivity index (χ4v) is 2.54. The number of amides is 1. The molecule has 0 radical (unpaired) electrons. The lowest BCUT2D eigenvalue weighted by Gasteiger charge is -2.09. The molecule has 3 rings (SSSR count). The van der Waals surface area contributed by atoms with Crippen LogP contribution in [0.1, 0.15) is 28.5 Å². The van der Waals surface area contributed by atoms with Crippen LogP contribution in [-0.2, 0) is 13.0 Å². The predicted octanol–water partition coefficient (Wildman–Crippen LogP) is 3.72. The summed E-state index contributed by atoms with van der Waals surface area (Å²) in [5.41, 5.74) is 3.47. The molecule has 6 nitrogen and oxygen atoms in total. The van der Waals surface area contributed by atoms with Crippen molar-refractivity contribution in [1.29, 1.82) is 0 Å². The molecule has 0 fully saturated rings. The molecule has 1 amide bonds. The van der Waals surface area contributed by atoms with Crippen LogP contribution in [0.5, 0.6) is 5.75 Å². The van der Waals surface area contributed by atoms with Gasteiger partial charge in [0, 0.05) is 18.3 Å². The number of aryl methyl sites for hydroxylation is 1. The average Bonchev–Trinajstić information content (AvgIpc) is 2.73. The van der Waals surface area contributed by atoms with Gasteiger partial charge in [0.2, 0.25) is 0 Å². The SMILES string of the molecule is CCc1ccc(Nc2cc(C(=O)NCc3ccc(OC)cc3)ncn2)cc1. The van der Waals surface area contributed by atoms with Gasteiger partial charge >= 0.3 is 0 Å². The first-order chi connectivity index (χ1) is 13.2. The van der Waals surface area contributed by atoms with Gasteiger partial charge in [-0.25, -0.2) is 9.97 Å². The molecular weight excluding hydrogens is 340 g/mol. The minimum atomic E-state index is -0.252. The largest absolute Gasteiger partial charge is 0.497 e. The standard InChI is InChI=1S/C21H22N4O2/c1-3-15-4-8-17(9-5-15)25-20-12-19(23-14-24-20)21(26)22-13-16-6-10-18(27-2)11-7-16/h4-12,14H,3,13H2,1-2H3,(H,22,26)(H,23,24,25). The third kappa shape index (κ3) is 5.04. The third-order valence-corrected chi connectivity index (χ3v) is 4.15. The number of hydrogen-bond acceptors (Lipinski definition) is 5. The fourth-order valence-electron chi connectivity index (χ4n) is 2.54. The van der Waals surface area contributed by atoms with Crippen molar-refractivity contribution in [1.82, 2.24) is 15.3 Å². The predicted molar refractivity (Wildman–Crippen MR) is 105 cm³/mol. The van der Waals surface area contributed by atoms with Crippen molar-refractivity contribution < 1.29 is 9.53 Å². The van der Waals surface area contributed by atoms with E-state index >= 15 is 0 Å². The van der Waals surface area contributed by atoms with Gasteiger partial charge in [0.15, 0.2) is 0 Å². The molecule has 0 unspecified atom stereocenters. The molecule has 2 N–H and O–H groups in total. The van der Waals surface area contributed by atoms with E-state index < -0.39 is 0 Å². The molecule has 0 bridgehead atoms. The van der Waals surface area contributed by atoms with Gasteiger partial charge < -0.3 is 15.4 Å². The molecule has 0 saturated carbocycles. The molecule has 0 aliphatic rings. The maximum Gasteiger partial charge on any atom is 0.270 e. The summed E-state index contributed by atoms with van der Waals surface area (Å²) in [5, 5.41) is 6.05. The van der Waals surface area contributed by atoms with Crippen LogP contribution in [-0.4, -0.2) is 23.0 Å². The summed E-state index contributed by atoms with van der Waals surface area (Å²) in [6, 6.07) is 17.3. The maximum absolute atomic E-state index is 12.4. The average molecular weight is 362 g/mol. The number of carbonyl (C=O) groups is 1. The zero-order chi connectivity index (χ0) is 19.1. The highest BCUT2D eigenvalue weighted by Gasteiger charge is 2.09. The van der Waals surface area contributed by atoms with Crippen LogP contribution >= 0.6 is 0 Å². The molecule has 0 atom stereocenters. The number of ether oxygens (including phenoxy) is 1. The summed E-state index contributed by atoms with van der Waals surface area (Å²) >= 11 is 0. The molecule has 0 spiro atoms. The molecule has 27 heavy (non-hydrogen) atoms. The van der Waals surface area contributed by atoms with E-state index in [-0.39, 0.29) is 5.91 Å². The summed E-state index contributed by atoms with van der Waals surface area (Å²) in [6.07, 6.45) is 2.37. The van der Waals surface area contributed by atoms with Gasteiger partial charge in [-0.05, 0) is 41.8 Å². The van der Waals surface area contributed by atoms with Gasteiger partial charge in [-0.3, -0.25) is 4.79 Å². The zero-order valence-corrected chi connectivity index (χ0v) is 15.4. The second kappa shape index (κ2) is 8.80. The Balaban J connectivity index is 1.62. The monoisotopic (exact) mass is 362 g/mol. The molecule has 0 saturated heterocycles. The van der Waals surface area contributed by atoms with E-state index in [1.165, 1.54) is 11.9 Å². The highest BCUT2D eigenvalue weighted by molar-refractivity contribution is 5.92. The number of methoxy groups -OCH3 is 1. The van der Waals surface area contributed by atoms with E-state index in [1.54, 1.807) is 13.2 Å². The molecule has 1 aromatic heterocycles. The van der Waals surface area contributed by atoms with E-state index in [0.717, 1.165) is 23.4 Å². The van der Waals surface area contributed by atoms with Gasteiger partial charge in [0.25, 0.3) is 5.91 Å². The molecule has 6 heteroatoms. The number of hydrogen-bond donors (Lipinski definition) is 2. The van der Waals surface area contributed by atoms with Crippen molar-refractivity contribution in [3.05, 3.63) is 77.7 Å². The number of aromatic nitrogens is 2. The quantitative estimate of drug-likeness (QED) is 0.670. The Morgan fingerprint density at radius 1 is 1.00 bits per heavy atom. The molecule has 138 valence electrons. The van der Waals surface area contributed by atoms with E-state index in [4.69, 9.17) is 4.74 Å². The van der Waals surface area contributed by atoms with Gasteiger partial charge in [-0.1, -0.05) is 31.2 Å². The van der Waals surface area contributed by atoms with Crippen molar-refractivity contribution in [2.24, 2.45) is 0 Å². The Morgan fingerprint density at radius 3 is 2.37 bits per heavy atom.